The van der Waals surface area contributed by atoms with Gasteiger partial charge >= 0.3 is 0 Å². The first-order valence-electron chi connectivity index (χ1n) is 16.7. The van der Waals surface area contributed by atoms with Crippen molar-refractivity contribution in [3.8, 4) is 56.2 Å². The number of benzene rings is 7. The monoisotopic (exact) mass is 672 g/mol. The molecule has 50 heavy (non-hydrogen) atoms. The third kappa shape index (κ3) is 4.92. The second-order valence-electron chi connectivity index (χ2n) is 12.5. The lowest BCUT2D eigenvalue weighted by molar-refractivity contribution is 1.18. The molecular formula is C46H28N2S2. The first kappa shape index (κ1) is 29.0. The summed E-state index contributed by atoms with van der Waals surface area (Å²) in [5.74, 6) is 0.712. The number of hydrogen-bond acceptors (Lipinski definition) is 4. The van der Waals surface area contributed by atoms with Crippen molar-refractivity contribution in [2.75, 3.05) is 0 Å². The summed E-state index contributed by atoms with van der Waals surface area (Å²) in [4.78, 5) is 10.4. The molecule has 4 heteroatoms. The number of rotatable bonds is 5. The number of aromatic nitrogens is 2. The van der Waals surface area contributed by atoms with E-state index >= 15 is 0 Å². The maximum absolute atomic E-state index is 5.30. The zero-order chi connectivity index (χ0) is 33.0. The number of hydrogen-bond donors (Lipinski definition) is 0. The van der Waals surface area contributed by atoms with E-state index in [1.54, 1.807) is 0 Å². The Morgan fingerprint density at radius 1 is 0.320 bits per heavy atom. The highest BCUT2D eigenvalue weighted by Crippen LogP contribution is 2.45. The zero-order valence-electron chi connectivity index (χ0n) is 26.9. The van der Waals surface area contributed by atoms with Crippen LogP contribution >= 0.6 is 22.7 Å². The molecule has 3 aromatic heterocycles. The van der Waals surface area contributed by atoms with E-state index in [2.05, 4.69) is 146 Å². The maximum atomic E-state index is 5.30. The number of nitrogens with zero attached hydrogens (tertiary/aromatic N) is 2. The minimum absolute atomic E-state index is 0.712. The SMILES string of the molecule is c1ccc(-c2cc(-c3cccc(-c4ccc5sc6ccccc6c5c4)c3-c3ccc4sc5ccccc5c4c3)nc(-c3ccccc3)n2)cc1. The third-order valence-corrected chi connectivity index (χ3v) is 11.8. The molecule has 0 radical (unpaired) electrons. The number of thiophene rings is 2. The minimum Gasteiger partial charge on any atom is -0.228 e. The fourth-order valence-electron chi connectivity index (χ4n) is 7.15. The second kappa shape index (κ2) is 11.9. The van der Waals surface area contributed by atoms with Gasteiger partial charge in [-0.1, -0.05) is 127 Å². The van der Waals surface area contributed by atoms with Crippen molar-refractivity contribution in [1.82, 2.24) is 9.97 Å². The molecule has 0 saturated carbocycles. The van der Waals surface area contributed by atoms with E-state index in [1.165, 1.54) is 62.6 Å². The van der Waals surface area contributed by atoms with Gasteiger partial charge in [0.15, 0.2) is 5.82 Å². The van der Waals surface area contributed by atoms with Crippen LogP contribution in [0.15, 0.2) is 170 Å². The van der Waals surface area contributed by atoms with Gasteiger partial charge in [0, 0.05) is 57.0 Å². The average Bonchev–Trinajstić information content (AvgIpc) is 3.76. The highest BCUT2D eigenvalue weighted by atomic mass is 32.1. The quantitative estimate of drug-likeness (QED) is 0.182. The van der Waals surface area contributed by atoms with Gasteiger partial charge in [-0.15, -0.1) is 22.7 Å². The van der Waals surface area contributed by atoms with Crippen molar-refractivity contribution >= 4 is 63.0 Å². The fraction of sp³-hybridized carbons (Fsp3) is 0. The molecule has 0 spiro atoms. The van der Waals surface area contributed by atoms with E-state index in [0.29, 0.717) is 5.82 Å². The molecule has 0 N–H and O–H groups in total. The second-order valence-corrected chi connectivity index (χ2v) is 14.7. The van der Waals surface area contributed by atoms with Crippen LogP contribution in [0.5, 0.6) is 0 Å². The third-order valence-electron chi connectivity index (χ3n) is 9.52. The normalized spacial score (nSPS) is 11.6. The molecule has 0 aliphatic heterocycles. The number of fused-ring (bicyclic) bond motifs is 6. The van der Waals surface area contributed by atoms with E-state index in [-0.39, 0.29) is 0 Å². The summed E-state index contributed by atoms with van der Waals surface area (Å²) in [7, 11) is 0. The van der Waals surface area contributed by atoms with Crippen molar-refractivity contribution in [3.05, 3.63) is 170 Å². The van der Waals surface area contributed by atoms with Crippen molar-refractivity contribution < 1.29 is 0 Å². The van der Waals surface area contributed by atoms with Crippen LogP contribution in [0.1, 0.15) is 0 Å². The van der Waals surface area contributed by atoms with Gasteiger partial charge in [0.05, 0.1) is 11.4 Å². The van der Waals surface area contributed by atoms with E-state index in [0.717, 1.165) is 28.1 Å². The van der Waals surface area contributed by atoms with Gasteiger partial charge in [-0.05, 0) is 64.7 Å². The van der Waals surface area contributed by atoms with Crippen LogP contribution in [0.2, 0.25) is 0 Å². The Kier molecular flexibility index (Phi) is 6.90. The molecule has 0 atom stereocenters. The molecule has 10 rings (SSSR count). The van der Waals surface area contributed by atoms with E-state index in [9.17, 15) is 0 Å². The summed E-state index contributed by atoms with van der Waals surface area (Å²) in [6.45, 7) is 0. The summed E-state index contributed by atoms with van der Waals surface area (Å²) >= 11 is 3.70. The van der Waals surface area contributed by atoms with Gasteiger partial charge in [-0.2, -0.15) is 0 Å². The molecule has 2 nitrogen and oxygen atoms in total. The van der Waals surface area contributed by atoms with E-state index in [4.69, 9.17) is 9.97 Å². The molecule has 0 aliphatic carbocycles. The Morgan fingerprint density at radius 2 is 0.840 bits per heavy atom. The molecule has 0 fully saturated rings. The predicted molar refractivity (Wildman–Crippen MR) is 215 cm³/mol. The maximum Gasteiger partial charge on any atom is 0.160 e. The molecule has 3 heterocycles. The Morgan fingerprint density at radius 3 is 1.52 bits per heavy atom. The molecular weight excluding hydrogens is 645 g/mol. The topological polar surface area (TPSA) is 25.8 Å². The summed E-state index contributed by atoms with van der Waals surface area (Å²) in [6.07, 6.45) is 0. The lowest BCUT2D eigenvalue weighted by atomic mass is 9.88. The molecule has 0 saturated heterocycles. The lowest BCUT2D eigenvalue weighted by Gasteiger charge is -2.17. The van der Waals surface area contributed by atoms with Gasteiger partial charge < -0.3 is 0 Å². The first-order valence-corrected chi connectivity index (χ1v) is 18.4. The summed E-state index contributed by atoms with van der Waals surface area (Å²) < 4.78 is 5.21. The molecule has 234 valence electrons. The Bertz CT molecular complexity index is 2810. The van der Waals surface area contributed by atoms with Gasteiger partial charge in [0.1, 0.15) is 0 Å². The van der Waals surface area contributed by atoms with Crippen LogP contribution in [0.3, 0.4) is 0 Å². The van der Waals surface area contributed by atoms with E-state index in [1.807, 2.05) is 46.9 Å². The Hall–Kier alpha value is -5.94. The van der Waals surface area contributed by atoms with Gasteiger partial charge in [-0.25, -0.2) is 9.97 Å². The van der Waals surface area contributed by atoms with Crippen LogP contribution < -0.4 is 0 Å². The van der Waals surface area contributed by atoms with E-state index < -0.39 is 0 Å². The lowest BCUT2D eigenvalue weighted by Crippen LogP contribution is -1.98. The molecule has 0 bridgehead atoms. The Balaban J connectivity index is 1.27. The van der Waals surface area contributed by atoms with Gasteiger partial charge in [0.25, 0.3) is 0 Å². The summed E-state index contributed by atoms with van der Waals surface area (Å²) in [6, 6.07) is 60.9. The van der Waals surface area contributed by atoms with Crippen molar-refractivity contribution in [2.45, 2.75) is 0 Å². The van der Waals surface area contributed by atoms with Crippen LogP contribution in [0.25, 0.3) is 96.5 Å². The van der Waals surface area contributed by atoms with Gasteiger partial charge in [-0.3, -0.25) is 0 Å². The zero-order valence-corrected chi connectivity index (χ0v) is 28.5. The smallest absolute Gasteiger partial charge is 0.160 e. The largest absolute Gasteiger partial charge is 0.228 e. The molecule has 0 amide bonds. The molecule has 0 unspecified atom stereocenters. The van der Waals surface area contributed by atoms with Crippen molar-refractivity contribution in [3.63, 3.8) is 0 Å². The highest BCUT2D eigenvalue weighted by Gasteiger charge is 2.19. The molecule has 10 aromatic rings. The van der Waals surface area contributed by atoms with Gasteiger partial charge in [0.2, 0.25) is 0 Å². The van der Waals surface area contributed by atoms with Crippen LogP contribution in [0, 0.1) is 0 Å². The molecule has 7 aromatic carbocycles. The van der Waals surface area contributed by atoms with Crippen LogP contribution in [-0.4, -0.2) is 9.97 Å². The van der Waals surface area contributed by atoms with Crippen molar-refractivity contribution in [1.29, 1.82) is 0 Å². The first-order chi connectivity index (χ1) is 24.8. The fourth-order valence-corrected chi connectivity index (χ4v) is 9.32. The van der Waals surface area contributed by atoms with Crippen LogP contribution in [-0.2, 0) is 0 Å². The summed E-state index contributed by atoms with van der Waals surface area (Å²) in [5.41, 5.74) is 9.63. The average molecular weight is 673 g/mol. The standard InChI is InChI=1S/C46H28N2S2/c1-3-12-29(13-4-1)39-28-40(48-46(47-39)30-14-5-2-6-15-30)36-19-11-18-33(31-22-24-43-37(26-31)34-16-7-9-20-41(34)49-43)45(36)32-23-25-44-38(27-32)35-17-8-10-21-42(35)50-44/h1-28H. The molecule has 0 aliphatic rings. The Labute approximate surface area is 297 Å². The highest BCUT2D eigenvalue weighted by molar-refractivity contribution is 7.26. The van der Waals surface area contributed by atoms with Crippen molar-refractivity contribution in [2.24, 2.45) is 0 Å². The minimum atomic E-state index is 0.712. The van der Waals surface area contributed by atoms with Crippen LogP contribution in [0.4, 0.5) is 0 Å². The predicted octanol–water partition coefficient (Wildman–Crippen LogP) is 13.5. The summed E-state index contributed by atoms with van der Waals surface area (Å²) in [5, 5.41) is 5.16.